The van der Waals surface area contributed by atoms with Crippen molar-refractivity contribution in [3.63, 3.8) is 0 Å². The molecule has 3 rings (SSSR count). The second-order valence-corrected chi connectivity index (χ2v) is 8.73. The van der Waals surface area contributed by atoms with E-state index in [1.165, 1.54) is 0 Å². The van der Waals surface area contributed by atoms with Gasteiger partial charge in [-0.2, -0.15) is 26.3 Å². The molecule has 0 bridgehead atoms. The summed E-state index contributed by atoms with van der Waals surface area (Å²) in [5.41, 5.74) is 0.508. The van der Waals surface area contributed by atoms with Gasteiger partial charge in [0.1, 0.15) is 5.75 Å². The Labute approximate surface area is 205 Å². The zero-order chi connectivity index (χ0) is 26.7. The van der Waals surface area contributed by atoms with Crippen molar-refractivity contribution in [2.45, 2.75) is 51.5 Å². The molecule has 1 aliphatic carbocycles. The summed E-state index contributed by atoms with van der Waals surface area (Å²) in [4.78, 5) is 13.7. The highest BCUT2D eigenvalue weighted by atomic mass is 19.4. The molecular weight excluding hydrogens is 488 g/mol. The number of carbonyl (C=O) groups is 1. The highest BCUT2D eigenvalue weighted by molar-refractivity contribution is 5.76. The molecule has 0 saturated heterocycles. The van der Waals surface area contributed by atoms with Gasteiger partial charge in [0.25, 0.3) is 0 Å². The molecule has 1 aliphatic rings. The van der Waals surface area contributed by atoms with Crippen molar-refractivity contribution in [1.82, 2.24) is 4.90 Å². The number of aryl methyl sites for hydroxylation is 1. The fraction of sp³-hybridized carbons (Fsp3) is 0.423. The van der Waals surface area contributed by atoms with E-state index in [1.807, 2.05) is 25.1 Å². The molecule has 0 saturated carbocycles. The molecule has 2 aromatic rings. The summed E-state index contributed by atoms with van der Waals surface area (Å²) in [5, 5.41) is 0. The minimum atomic E-state index is -4.98. The van der Waals surface area contributed by atoms with Crippen LogP contribution in [0.5, 0.6) is 5.75 Å². The highest BCUT2D eigenvalue weighted by Crippen LogP contribution is 2.39. The fourth-order valence-electron chi connectivity index (χ4n) is 4.40. The Kier molecular flexibility index (Phi) is 8.26. The van der Waals surface area contributed by atoms with Gasteiger partial charge in [-0.25, -0.2) is 4.79 Å². The van der Waals surface area contributed by atoms with Crippen molar-refractivity contribution in [2.75, 3.05) is 20.8 Å². The zero-order valence-electron chi connectivity index (χ0n) is 20.1. The normalized spacial score (nSPS) is 14.6. The third-order valence-corrected chi connectivity index (χ3v) is 6.10. The van der Waals surface area contributed by atoms with Crippen molar-refractivity contribution in [1.29, 1.82) is 0 Å². The minimum absolute atomic E-state index is 0.00327. The average molecular weight is 515 g/mol. The molecule has 1 amide bonds. The summed E-state index contributed by atoms with van der Waals surface area (Å²) in [6, 6.07) is 7.03. The van der Waals surface area contributed by atoms with Crippen LogP contribution in [-0.2, 0) is 23.6 Å². The largest absolute Gasteiger partial charge is 0.496 e. The summed E-state index contributed by atoms with van der Waals surface area (Å²) < 4.78 is 90.3. The number of benzene rings is 2. The van der Waals surface area contributed by atoms with Gasteiger partial charge in [0.05, 0.1) is 25.3 Å². The van der Waals surface area contributed by atoms with Crippen molar-refractivity contribution in [3.05, 3.63) is 69.8 Å². The van der Waals surface area contributed by atoms with Crippen molar-refractivity contribution >= 4 is 11.7 Å². The van der Waals surface area contributed by atoms with Crippen LogP contribution in [0.4, 0.5) is 31.1 Å². The predicted molar refractivity (Wildman–Crippen MR) is 122 cm³/mol. The first-order valence-corrected chi connectivity index (χ1v) is 11.3. The summed E-state index contributed by atoms with van der Waals surface area (Å²) >= 11 is 0. The van der Waals surface area contributed by atoms with Gasteiger partial charge in [-0.05, 0) is 79.6 Å². The monoisotopic (exact) mass is 515 g/mol. The van der Waals surface area contributed by atoms with Gasteiger partial charge in [0.15, 0.2) is 0 Å². The lowest BCUT2D eigenvalue weighted by Crippen LogP contribution is -2.33. The molecule has 2 aromatic carbocycles. The number of amides is 1. The van der Waals surface area contributed by atoms with Crippen molar-refractivity contribution in [2.24, 2.45) is 0 Å². The maximum absolute atomic E-state index is 13.3. The number of methoxy groups -OCH3 is 2. The predicted octanol–water partition coefficient (Wildman–Crippen LogP) is 7.64. The number of ether oxygens (including phenoxy) is 2. The minimum Gasteiger partial charge on any atom is -0.496 e. The van der Waals surface area contributed by atoms with E-state index in [2.05, 4.69) is 0 Å². The number of nitrogens with zero attached hydrogens (tertiary/aromatic N) is 1. The van der Waals surface area contributed by atoms with Gasteiger partial charge in [0, 0.05) is 18.7 Å². The van der Waals surface area contributed by atoms with Crippen LogP contribution in [0, 0.1) is 6.92 Å². The van der Waals surface area contributed by atoms with Crippen molar-refractivity contribution < 1.29 is 40.6 Å². The van der Waals surface area contributed by atoms with Gasteiger partial charge in [-0.3, -0.25) is 4.90 Å². The number of halogens is 6. The molecule has 0 heterocycles. The fourth-order valence-corrected chi connectivity index (χ4v) is 4.40. The Morgan fingerprint density at radius 3 is 2.06 bits per heavy atom. The molecule has 0 radical (unpaired) electrons. The van der Waals surface area contributed by atoms with Gasteiger partial charge >= 0.3 is 18.4 Å². The maximum atomic E-state index is 13.3. The maximum Gasteiger partial charge on any atom is 0.416 e. The van der Waals surface area contributed by atoms with Gasteiger partial charge in [-0.15, -0.1) is 0 Å². The third-order valence-electron chi connectivity index (χ3n) is 6.10. The summed E-state index contributed by atoms with van der Waals surface area (Å²) in [6.07, 6.45) is -7.75. The lowest BCUT2D eigenvalue weighted by Gasteiger charge is -2.28. The van der Waals surface area contributed by atoms with Crippen molar-refractivity contribution in [3.8, 4) is 5.75 Å². The Bertz CT molecular complexity index is 1110. The number of alkyl halides is 6. The SMILES string of the molecule is COC(=O)N(CC1=C(c2cc(C)ccc2OC)CCCC1)Cc1cc(C(F)(F)F)cc(C(F)(F)F)c1. The van der Waals surface area contributed by atoms with Crippen LogP contribution in [0.15, 0.2) is 42.0 Å². The first-order valence-electron chi connectivity index (χ1n) is 11.3. The first kappa shape index (κ1) is 27.4. The molecule has 0 N–H and O–H groups in total. The molecule has 0 spiro atoms. The van der Waals surface area contributed by atoms with Gasteiger partial charge in [0.2, 0.25) is 0 Å². The number of hydrogen-bond acceptors (Lipinski definition) is 3. The topological polar surface area (TPSA) is 38.8 Å². The van der Waals surface area contributed by atoms with E-state index in [9.17, 15) is 31.1 Å². The Morgan fingerprint density at radius 2 is 1.50 bits per heavy atom. The van der Waals surface area contributed by atoms with Crippen LogP contribution in [-0.4, -0.2) is 31.8 Å². The number of rotatable bonds is 6. The van der Waals surface area contributed by atoms with Crippen LogP contribution in [0.3, 0.4) is 0 Å². The van der Waals surface area contributed by atoms with Crippen LogP contribution in [0.1, 0.15) is 53.5 Å². The molecular formula is C26H27F6NO3. The molecule has 10 heteroatoms. The van der Waals surface area contributed by atoms with Gasteiger partial charge < -0.3 is 9.47 Å². The van der Waals surface area contributed by atoms with E-state index < -0.39 is 36.1 Å². The first-order chi connectivity index (χ1) is 16.8. The molecule has 0 fully saturated rings. The van der Waals surface area contributed by atoms with Crippen LogP contribution in [0.25, 0.3) is 5.57 Å². The second-order valence-electron chi connectivity index (χ2n) is 8.73. The van der Waals surface area contributed by atoms with E-state index in [-0.39, 0.29) is 18.2 Å². The van der Waals surface area contributed by atoms with E-state index in [0.717, 1.165) is 47.1 Å². The summed E-state index contributed by atoms with van der Waals surface area (Å²) in [5.74, 6) is 0.646. The lowest BCUT2D eigenvalue weighted by atomic mass is 9.86. The number of hydrogen-bond donors (Lipinski definition) is 0. The standard InChI is InChI=1S/C26H27F6NO3/c1-16-8-9-23(35-2)22(10-16)21-7-5-4-6-18(21)15-33(24(34)36-3)14-17-11-19(25(27,28)29)13-20(12-17)26(30,31)32/h8-13H,4-7,14-15H2,1-3H3. The smallest absolute Gasteiger partial charge is 0.416 e. The molecule has 196 valence electrons. The molecule has 0 atom stereocenters. The number of allylic oxidation sites excluding steroid dienone is 1. The van der Waals surface area contributed by atoms with E-state index >= 15 is 0 Å². The molecule has 4 nitrogen and oxygen atoms in total. The Morgan fingerprint density at radius 1 is 0.889 bits per heavy atom. The molecule has 0 aliphatic heterocycles. The number of carbonyl (C=O) groups excluding carboxylic acids is 1. The lowest BCUT2D eigenvalue weighted by molar-refractivity contribution is -0.143. The second kappa shape index (κ2) is 10.8. The quantitative estimate of drug-likeness (QED) is 0.371. The summed E-state index contributed by atoms with van der Waals surface area (Å²) in [7, 11) is 2.66. The average Bonchev–Trinajstić information content (AvgIpc) is 2.82. The van der Waals surface area contributed by atoms with Crippen LogP contribution >= 0.6 is 0 Å². The van der Waals surface area contributed by atoms with Crippen LogP contribution in [0.2, 0.25) is 0 Å². The molecule has 0 unspecified atom stereocenters. The molecule has 36 heavy (non-hydrogen) atoms. The summed E-state index contributed by atoms with van der Waals surface area (Å²) in [6.45, 7) is 1.44. The van der Waals surface area contributed by atoms with E-state index in [1.54, 1.807) is 7.11 Å². The van der Waals surface area contributed by atoms with E-state index in [0.29, 0.717) is 30.7 Å². The Hall–Kier alpha value is -3.17. The highest BCUT2D eigenvalue weighted by Gasteiger charge is 2.37. The van der Waals surface area contributed by atoms with Crippen LogP contribution < -0.4 is 4.74 Å². The third kappa shape index (κ3) is 6.53. The Balaban J connectivity index is 2.04. The molecule has 0 aromatic heterocycles. The van der Waals surface area contributed by atoms with E-state index in [4.69, 9.17) is 9.47 Å². The van der Waals surface area contributed by atoms with Gasteiger partial charge in [-0.1, -0.05) is 11.6 Å². The zero-order valence-corrected chi connectivity index (χ0v) is 20.1.